The number of benzene rings is 2. The van der Waals surface area contributed by atoms with Gasteiger partial charge in [0.25, 0.3) is 5.91 Å². The van der Waals surface area contributed by atoms with Crippen LogP contribution >= 0.6 is 0 Å². The van der Waals surface area contributed by atoms with Crippen molar-refractivity contribution in [2.75, 3.05) is 11.4 Å². The lowest BCUT2D eigenvalue weighted by molar-refractivity contribution is -0.135. The van der Waals surface area contributed by atoms with E-state index in [1.54, 1.807) is 11.0 Å². The number of nitrogens with zero attached hydrogens (tertiary/aromatic N) is 2. The van der Waals surface area contributed by atoms with Gasteiger partial charge in [0.15, 0.2) is 0 Å². The van der Waals surface area contributed by atoms with Gasteiger partial charge in [0.1, 0.15) is 0 Å². The van der Waals surface area contributed by atoms with Gasteiger partial charge in [-0.25, -0.2) is 4.99 Å². The Morgan fingerprint density at radius 3 is 2.39 bits per heavy atom. The molecule has 0 saturated heterocycles. The minimum atomic E-state index is -1.13. The molecule has 0 spiro atoms. The van der Waals surface area contributed by atoms with Crippen molar-refractivity contribution in [3.8, 4) is 0 Å². The number of aliphatic imine (C=N–C) groups is 1. The van der Waals surface area contributed by atoms with Crippen LogP contribution in [0, 0.1) is 23.7 Å². The number of para-hydroxylation sites is 1. The van der Waals surface area contributed by atoms with Crippen molar-refractivity contribution in [3.63, 3.8) is 0 Å². The van der Waals surface area contributed by atoms with Crippen LogP contribution in [0.15, 0.2) is 72.2 Å². The van der Waals surface area contributed by atoms with Crippen LogP contribution in [0.25, 0.3) is 0 Å². The summed E-state index contributed by atoms with van der Waals surface area (Å²) in [5.74, 6) is -2.06. The zero-order valence-electron chi connectivity index (χ0n) is 22.3. The molecule has 0 radical (unpaired) electrons. The number of fused-ring (bicyclic) bond motifs is 1. The molecular formula is C31H38N4O3. The molecule has 2 aliphatic rings. The average Bonchev–Trinajstić information content (AvgIpc) is 2.98. The van der Waals surface area contributed by atoms with Crippen molar-refractivity contribution in [3.05, 3.63) is 78.4 Å². The van der Waals surface area contributed by atoms with Gasteiger partial charge in [-0.05, 0) is 43.6 Å². The highest BCUT2D eigenvalue weighted by atomic mass is 16.2. The first-order valence-corrected chi connectivity index (χ1v) is 13.5. The summed E-state index contributed by atoms with van der Waals surface area (Å²) in [5.41, 5.74) is 8.86. The largest absolute Gasteiger partial charge is 0.369 e. The van der Waals surface area contributed by atoms with Crippen LogP contribution < -0.4 is 16.0 Å². The second-order valence-corrected chi connectivity index (χ2v) is 10.8. The lowest BCUT2D eigenvalue weighted by Crippen LogP contribution is -2.52. The van der Waals surface area contributed by atoms with Gasteiger partial charge in [0, 0.05) is 17.7 Å². The van der Waals surface area contributed by atoms with Gasteiger partial charge in [-0.15, -0.1) is 6.58 Å². The van der Waals surface area contributed by atoms with E-state index < -0.39 is 29.8 Å². The monoisotopic (exact) mass is 514 g/mol. The Bertz CT molecular complexity index is 1200. The molecular weight excluding hydrogens is 476 g/mol. The molecule has 3 N–H and O–H groups in total. The molecule has 7 heteroatoms. The third-order valence-corrected chi connectivity index (χ3v) is 7.53. The molecule has 1 unspecified atom stereocenters. The Balaban J connectivity index is 1.76. The van der Waals surface area contributed by atoms with Crippen molar-refractivity contribution in [2.24, 2.45) is 34.4 Å². The molecule has 7 nitrogen and oxygen atoms in total. The minimum Gasteiger partial charge on any atom is -0.369 e. The van der Waals surface area contributed by atoms with Gasteiger partial charge in [-0.3, -0.25) is 14.4 Å². The van der Waals surface area contributed by atoms with Crippen molar-refractivity contribution in [1.82, 2.24) is 5.32 Å². The number of carbonyl (C=O) groups is 3. The predicted octanol–water partition coefficient (Wildman–Crippen LogP) is 4.45. The van der Waals surface area contributed by atoms with E-state index in [0.717, 1.165) is 36.1 Å². The fourth-order valence-corrected chi connectivity index (χ4v) is 5.33. The number of amides is 3. The Morgan fingerprint density at radius 1 is 1.11 bits per heavy atom. The first-order chi connectivity index (χ1) is 18.3. The predicted molar refractivity (Wildman–Crippen MR) is 151 cm³/mol. The van der Waals surface area contributed by atoms with E-state index in [9.17, 15) is 14.4 Å². The van der Waals surface area contributed by atoms with Crippen molar-refractivity contribution in [1.29, 1.82) is 0 Å². The molecule has 1 fully saturated rings. The molecule has 200 valence electrons. The summed E-state index contributed by atoms with van der Waals surface area (Å²) < 4.78 is 0. The maximum Gasteiger partial charge on any atom is 0.272 e. The molecule has 0 bridgehead atoms. The Kier molecular flexibility index (Phi) is 8.77. The standard InChI is InChI=1S/C31H38N4O3/c1-4-11-23(28(32)36)25(18-20(2)3)30(37)34-29-31(38)35(19-21-12-10-13-21)26-17-9-8-16-24(26)27(33-29)22-14-6-5-7-15-22/h4-9,14-17,20-21,23,25,29H,1,10-13,18-19H2,2-3H3,(H2,32,36)(H,34,37)/t23-,25+,29?/m0/s1. The molecule has 4 rings (SSSR count). The summed E-state index contributed by atoms with van der Waals surface area (Å²) in [7, 11) is 0. The lowest BCUT2D eigenvalue weighted by Gasteiger charge is -2.34. The number of carbonyl (C=O) groups excluding carboxylic acids is 3. The minimum absolute atomic E-state index is 0.144. The maximum absolute atomic E-state index is 14.1. The number of nitrogens with one attached hydrogen (secondary N) is 1. The van der Waals surface area contributed by atoms with Crippen LogP contribution in [0.5, 0.6) is 0 Å². The van der Waals surface area contributed by atoms with E-state index in [0.29, 0.717) is 24.6 Å². The zero-order chi connectivity index (χ0) is 27.2. The average molecular weight is 515 g/mol. The van der Waals surface area contributed by atoms with E-state index in [1.165, 1.54) is 0 Å². The first-order valence-electron chi connectivity index (χ1n) is 13.5. The van der Waals surface area contributed by atoms with Crippen LogP contribution in [0.4, 0.5) is 5.69 Å². The fraction of sp³-hybridized carbons (Fsp3) is 0.419. The third kappa shape index (κ3) is 6.04. The normalized spacial score (nSPS) is 19.0. The molecule has 1 aliphatic heterocycles. The molecule has 3 amide bonds. The summed E-state index contributed by atoms with van der Waals surface area (Å²) in [4.78, 5) is 46.8. The molecule has 0 aromatic heterocycles. The molecule has 2 aromatic carbocycles. The number of hydrogen-bond acceptors (Lipinski definition) is 4. The highest BCUT2D eigenvalue weighted by molar-refractivity contribution is 6.20. The number of nitrogens with two attached hydrogens (primary N) is 1. The second-order valence-electron chi connectivity index (χ2n) is 10.8. The smallest absolute Gasteiger partial charge is 0.272 e. The number of hydrogen-bond donors (Lipinski definition) is 2. The summed E-state index contributed by atoms with van der Waals surface area (Å²) in [6.45, 7) is 8.30. The van der Waals surface area contributed by atoms with Crippen LogP contribution in [-0.2, 0) is 14.4 Å². The van der Waals surface area contributed by atoms with E-state index in [4.69, 9.17) is 10.7 Å². The van der Waals surface area contributed by atoms with Gasteiger partial charge in [0.05, 0.1) is 23.2 Å². The van der Waals surface area contributed by atoms with Gasteiger partial charge in [0.2, 0.25) is 18.0 Å². The highest BCUT2D eigenvalue weighted by Gasteiger charge is 2.38. The van der Waals surface area contributed by atoms with E-state index in [2.05, 4.69) is 11.9 Å². The number of anilines is 1. The van der Waals surface area contributed by atoms with E-state index in [-0.39, 0.29) is 18.2 Å². The Labute approximate surface area is 225 Å². The highest BCUT2D eigenvalue weighted by Crippen LogP contribution is 2.33. The number of benzodiazepines with no additional fused rings is 1. The number of rotatable bonds is 11. The Hall–Kier alpha value is -3.74. The van der Waals surface area contributed by atoms with E-state index >= 15 is 0 Å². The van der Waals surface area contributed by atoms with Crippen LogP contribution in [-0.4, -0.2) is 36.1 Å². The van der Waals surface area contributed by atoms with Gasteiger partial charge in [-0.1, -0.05) is 74.9 Å². The first kappa shape index (κ1) is 27.3. The van der Waals surface area contributed by atoms with Crippen molar-refractivity contribution in [2.45, 2.75) is 52.1 Å². The van der Waals surface area contributed by atoms with Crippen LogP contribution in [0.1, 0.15) is 57.1 Å². The van der Waals surface area contributed by atoms with Crippen LogP contribution in [0.3, 0.4) is 0 Å². The van der Waals surface area contributed by atoms with Crippen molar-refractivity contribution < 1.29 is 14.4 Å². The van der Waals surface area contributed by atoms with Gasteiger partial charge >= 0.3 is 0 Å². The van der Waals surface area contributed by atoms with Crippen molar-refractivity contribution >= 4 is 29.1 Å². The number of primary amides is 1. The molecule has 1 aliphatic carbocycles. The summed E-state index contributed by atoms with van der Waals surface area (Å²) in [6.07, 6.45) is 4.54. The SMILES string of the molecule is C=CC[C@H](C(N)=O)[C@@H](CC(C)C)C(=O)NC1N=C(c2ccccc2)c2ccccc2N(CC2CCC2)C1=O. The van der Waals surface area contributed by atoms with Gasteiger partial charge < -0.3 is 16.0 Å². The molecule has 3 atom stereocenters. The topological polar surface area (TPSA) is 105 Å². The van der Waals surface area contributed by atoms with Gasteiger partial charge in [-0.2, -0.15) is 0 Å². The maximum atomic E-state index is 14.1. The lowest BCUT2D eigenvalue weighted by atomic mass is 9.82. The summed E-state index contributed by atoms with van der Waals surface area (Å²) in [5, 5.41) is 2.92. The summed E-state index contributed by atoms with van der Waals surface area (Å²) in [6, 6.07) is 17.5. The quantitative estimate of drug-likeness (QED) is 0.433. The molecule has 1 heterocycles. The zero-order valence-corrected chi connectivity index (χ0v) is 22.3. The van der Waals surface area contributed by atoms with Crippen LogP contribution in [0.2, 0.25) is 0 Å². The fourth-order valence-electron chi connectivity index (χ4n) is 5.33. The number of allylic oxidation sites excluding steroid dienone is 1. The molecule has 2 aromatic rings. The summed E-state index contributed by atoms with van der Waals surface area (Å²) >= 11 is 0. The van der Waals surface area contributed by atoms with E-state index in [1.807, 2.05) is 68.4 Å². The Morgan fingerprint density at radius 2 is 1.79 bits per heavy atom. The third-order valence-electron chi connectivity index (χ3n) is 7.53. The molecule has 1 saturated carbocycles. The second kappa shape index (κ2) is 12.2. The molecule has 38 heavy (non-hydrogen) atoms.